The van der Waals surface area contributed by atoms with Gasteiger partial charge in [0.05, 0.1) is 0 Å². The second kappa shape index (κ2) is 8.66. The monoisotopic (exact) mass is 165 g/mol. The summed E-state index contributed by atoms with van der Waals surface area (Å²) in [6.45, 7) is 2.20. The molecule has 0 spiro atoms. The van der Waals surface area contributed by atoms with Crippen LogP contribution in [0.1, 0.15) is 6.92 Å². The molecular formula is C6H15NS2. The Kier molecular flexibility index (Phi) is 9.30. The fourth-order valence-corrected chi connectivity index (χ4v) is 2.02. The van der Waals surface area contributed by atoms with E-state index in [0.717, 1.165) is 5.88 Å². The first kappa shape index (κ1) is 9.66. The van der Waals surface area contributed by atoms with Gasteiger partial charge in [-0.15, -0.1) is 11.8 Å². The highest BCUT2D eigenvalue weighted by atomic mass is 32.2. The van der Waals surface area contributed by atoms with E-state index >= 15 is 0 Å². The highest BCUT2D eigenvalue weighted by Crippen LogP contribution is 2.03. The topological polar surface area (TPSA) is 12.0 Å². The SMILES string of the molecule is CCSCCSCNC. The van der Waals surface area contributed by atoms with Crippen LogP contribution < -0.4 is 5.32 Å². The minimum atomic E-state index is 1.09. The highest BCUT2D eigenvalue weighted by Gasteiger charge is 1.85. The molecule has 0 atom stereocenters. The summed E-state index contributed by atoms with van der Waals surface area (Å²) in [4.78, 5) is 0. The van der Waals surface area contributed by atoms with Crippen molar-refractivity contribution in [3.8, 4) is 0 Å². The molecule has 0 aliphatic rings. The minimum absolute atomic E-state index is 1.09. The Morgan fingerprint density at radius 3 is 2.44 bits per heavy atom. The van der Waals surface area contributed by atoms with Gasteiger partial charge in [0.15, 0.2) is 0 Å². The molecule has 3 heteroatoms. The Labute approximate surface area is 66.4 Å². The number of rotatable bonds is 6. The maximum atomic E-state index is 3.10. The molecule has 0 saturated carbocycles. The Balaban J connectivity index is 2.60. The van der Waals surface area contributed by atoms with Gasteiger partial charge in [-0.2, -0.15) is 11.8 Å². The van der Waals surface area contributed by atoms with Crippen molar-refractivity contribution in [1.82, 2.24) is 5.32 Å². The molecule has 1 nitrogen and oxygen atoms in total. The maximum absolute atomic E-state index is 3.10. The van der Waals surface area contributed by atoms with E-state index in [1.54, 1.807) is 0 Å². The largest absolute Gasteiger partial charge is 0.311 e. The van der Waals surface area contributed by atoms with Crippen LogP contribution in [-0.2, 0) is 0 Å². The molecule has 0 aromatic carbocycles. The lowest BCUT2D eigenvalue weighted by atomic mass is 10.9. The number of hydrogen-bond donors (Lipinski definition) is 1. The summed E-state index contributed by atoms with van der Waals surface area (Å²) >= 11 is 3.97. The van der Waals surface area contributed by atoms with Crippen LogP contribution in [-0.4, -0.2) is 30.2 Å². The van der Waals surface area contributed by atoms with E-state index < -0.39 is 0 Å². The van der Waals surface area contributed by atoms with E-state index in [-0.39, 0.29) is 0 Å². The second-order valence-corrected chi connectivity index (χ2v) is 4.10. The average Bonchev–Trinajstić information content (AvgIpc) is 1.89. The van der Waals surface area contributed by atoms with Crippen LogP contribution in [0.25, 0.3) is 0 Å². The summed E-state index contributed by atoms with van der Waals surface area (Å²) in [6, 6.07) is 0. The Bertz CT molecular complexity index is 44.3. The smallest absolute Gasteiger partial charge is 0.0415 e. The predicted molar refractivity (Wildman–Crippen MR) is 49.4 cm³/mol. The molecule has 0 amide bonds. The molecule has 0 bridgehead atoms. The molecule has 0 rings (SSSR count). The van der Waals surface area contributed by atoms with Crippen LogP contribution in [0, 0.1) is 0 Å². The molecule has 1 N–H and O–H groups in total. The van der Waals surface area contributed by atoms with Gasteiger partial charge in [-0.25, -0.2) is 0 Å². The Morgan fingerprint density at radius 1 is 1.22 bits per heavy atom. The van der Waals surface area contributed by atoms with Crippen molar-refractivity contribution in [2.75, 3.05) is 30.2 Å². The lowest BCUT2D eigenvalue weighted by molar-refractivity contribution is 0.982. The van der Waals surface area contributed by atoms with Gasteiger partial charge in [-0.05, 0) is 12.8 Å². The lowest BCUT2D eigenvalue weighted by Gasteiger charge is -1.97. The van der Waals surface area contributed by atoms with Crippen LogP contribution >= 0.6 is 23.5 Å². The zero-order valence-electron chi connectivity index (χ0n) is 6.14. The van der Waals surface area contributed by atoms with Crippen molar-refractivity contribution in [3.63, 3.8) is 0 Å². The van der Waals surface area contributed by atoms with Gasteiger partial charge in [0.2, 0.25) is 0 Å². The molecule has 0 radical (unpaired) electrons. The molecule has 0 heterocycles. The molecule has 0 aromatic rings. The average molecular weight is 165 g/mol. The van der Waals surface area contributed by atoms with Crippen molar-refractivity contribution in [1.29, 1.82) is 0 Å². The molecule has 0 unspecified atom stereocenters. The first-order chi connectivity index (χ1) is 4.41. The summed E-state index contributed by atoms with van der Waals surface area (Å²) in [5, 5.41) is 3.10. The zero-order chi connectivity index (χ0) is 6.95. The summed E-state index contributed by atoms with van der Waals surface area (Å²) < 4.78 is 0. The van der Waals surface area contributed by atoms with Gasteiger partial charge in [0.1, 0.15) is 0 Å². The number of thioether (sulfide) groups is 2. The van der Waals surface area contributed by atoms with Crippen molar-refractivity contribution in [2.24, 2.45) is 0 Å². The van der Waals surface area contributed by atoms with E-state index in [9.17, 15) is 0 Å². The van der Waals surface area contributed by atoms with Crippen LogP contribution in [0.15, 0.2) is 0 Å². The van der Waals surface area contributed by atoms with Crippen LogP contribution in [0.4, 0.5) is 0 Å². The third-order valence-electron chi connectivity index (χ3n) is 0.823. The lowest BCUT2D eigenvalue weighted by Crippen LogP contribution is -2.04. The van der Waals surface area contributed by atoms with E-state index in [4.69, 9.17) is 0 Å². The second-order valence-electron chi connectivity index (χ2n) is 1.60. The molecule has 0 aliphatic carbocycles. The van der Waals surface area contributed by atoms with E-state index in [1.165, 1.54) is 17.3 Å². The van der Waals surface area contributed by atoms with Gasteiger partial charge < -0.3 is 5.32 Å². The molecular weight excluding hydrogens is 150 g/mol. The molecule has 56 valence electrons. The van der Waals surface area contributed by atoms with Crippen LogP contribution in [0.3, 0.4) is 0 Å². The molecule has 0 aromatic heterocycles. The van der Waals surface area contributed by atoms with Crippen molar-refractivity contribution in [2.45, 2.75) is 6.92 Å². The van der Waals surface area contributed by atoms with Crippen molar-refractivity contribution >= 4 is 23.5 Å². The van der Waals surface area contributed by atoms with Crippen molar-refractivity contribution in [3.05, 3.63) is 0 Å². The van der Waals surface area contributed by atoms with Gasteiger partial charge in [0, 0.05) is 17.4 Å². The number of hydrogen-bond acceptors (Lipinski definition) is 3. The van der Waals surface area contributed by atoms with E-state index in [0.29, 0.717) is 0 Å². The summed E-state index contributed by atoms with van der Waals surface area (Å²) in [7, 11) is 1.99. The highest BCUT2D eigenvalue weighted by molar-refractivity contribution is 8.02. The third-order valence-corrected chi connectivity index (χ3v) is 2.97. The minimum Gasteiger partial charge on any atom is -0.311 e. The Hall–Kier alpha value is 0.660. The fourth-order valence-electron chi connectivity index (χ4n) is 0.436. The Morgan fingerprint density at radius 2 is 1.89 bits per heavy atom. The zero-order valence-corrected chi connectivity index (χ0v) is 7.78. The van der Waals surface area contributed by atoms with Crippen LogP contribution in [0.5, 0.6) is 0 Å². The summed E-state index contributed by atoms with van der Waals surface area (Å²) in [6.07, 6.45) is 0. The van der Waals surface area contributed by atoms with E-state index in [2.05, 4.69) is 12.2 Å². The fraction of sp³-hybridized carbons (Fsp3) is 1.00. The predicted octanol–water partition coefficient (Wildman–Crippen LogP) is 1.65. The first-order valence-corrected chi connectivity index (χ1v) is 5.52. The quantitative estimate of drug-likeness (QED) is 0.475. The third kappa shape index (κ3) is 8.66. The first-order valence-electron chi connectivity index (χ1n) is 3.22. The van der Waals surface area contributed by atoms with Gasteiger partial charge >= 0.3 is 0 Å². The van der Waals surface area contributed by atoms with Crippen molar-refractivity contribution < 1.29 is 0 Å². The van der Waals surface area contributed by atoms with Crippen LogP contribution in [0.2, 0.25) is 0 Å². The summed E-state index contributed by atoms with van der Waals surface area (Å²) in [5.74, 6) is 4.91. The number of nitrogens with one attached hydrogen (secondary N) is 1. The van der Waals surface area contributed by atoms with E-state index in [1.807, 2.05) is 30.6 Å². The van der Waals surface area contributed by atoms with Gasteiger partial charge in [-0.3, -0.25) is 0 Å². The van der Waals surface area contributed by atoms with Gasteiger partial charge in [0.25, 0.3) is 0 Å². The molecule has 0 saturated heterocycles. The normalized spacial score (nSPS) is 10.0. The standard InChI is InChI=1S/C6H15NS2/c1-3-8-4-5-9-6-7-2/h7H,3-6H2,1-2H3. The molecule has 9 heavy (non-hydrogen) atoms. The maximum Gasteiger partial charge on any atom is 0.0415 e. The molecule has 0 aliphatic heterocycles. The molecule has 0 fully saturated rings. The summed E-state index contributed by atoms with van der Waals surface area (Å²) in [5.41, 5.74) is 0. The van der Waals surface area contributed by atoms with Gasteiger partial charge in [-0.1, -0.05) is 6.92 Å².